The van der Waals surface area contributed by atoms with Gasteiger partial charge in [0.15, 0.2) is 0 Å². The highest BCUT2D eigenvalue weighted by atomic mass is 79.9. The number of hydrogen-bond acceptors (Lipinski definition) is 3. The van der Waals surface area contributed by atoms with Gasteiger partial charge in [-0.05, 0) is 34.1 Å². The van der Waals surface area contributed by atoms with Gasteiger partial charge < -0.3 is 10.3 Å². The van der Waals surface area contributed by atoms with Crippen molar-refractivity contribution in [3.05, 3.63) is 49.5 Å². The van der Waals surface area contributed by atoms with Gasteiger partial charge >= 0.3 is 0 Å². The van der Waals surface area contributed by atoms with E-state index in [1.807, 2.05) is 12.1 Å². The van der Waals surface area contributed by atoms with Crippen molar-refractivity contribution in [1.82, 2.24) is 4.57 Å². The largest absolute Gasteiger partial charge is 0.398 e. The van der Waals surface area contributed by atoms with Crippen molar-refractivity contribution < 1.29 is 0 Å². The highest BCUT2D eigenvalue weighted by Gasteiger charge is 2.01. The minimum Gasteiger partial charge on any atom is -0.398 e. The third-order valence-electron chi connectivity index (χ3n) is 1.96. The molecule has 0 aliphatic carbocycles. The molecule has 0 aliphatic heterocycles. The van der Waals surface area contributed by atoms with Gasteiger partial charge in [0.2, 0.25) is 0 Å². The molecule has 0 saturated heterocycles. The zero-order valence-corrected chi connectivity index (χ0v) is 10.2. The van der Waals surface area contributed by atoms with Crippen molar-refractivity contribution in [2.75, 3.05) is 5.73 Å². The van der Waals surface area contributed by atoms with Crippen LogP contribution in [0, 0.1) is 0 Å². The van der Waals surface area contributed by atoms with Crippen LogP contribution in [0.2, 0.25) is 0 Å². The van der Waals surface area contributed by atoms with Gasteiger partial charge in [-0.15, -0.1) is 11.3 Å². The molecule has 15 heavy (non-hydrogen) atoms. The first kappa shape index (κ1) is 10.4. The minimum atomic E-state index is -0.0336. The van der Waals surface area contributed by atoms with Crippen molar-refractivity contribution in [2.24, 2.45) is 0 Å². The van der Waals surface area contributed by atoms with E-state index in [-0.39, 0.29) is 5.56 Å². The number of halogens is 1. The fraction of sp³-hybridized carbons (Fsp3) is 0.100. The van der Waals surface area contributed by atoms with Crippen LogP contribution >= 0.6 is 27.3 Å². The summed E-state index contributed by atoms with van der Waals surface area (Å²) >= 11 is 5.00. The maximum absolute atomic E-state index is 11.5. The Morgan fingerprint density at radius 2 is 2.13 bits per heavy atom. The van der Waals surface area contributed by atoms with Gasteiger partial charge in [0, 0.05) is 22.8 Å². The van der Waals surface area contributed by atoms with Crippen molar-refractivity contribution in [2.45, 2.75) is 6.54 Å². The SMILES string of the molecule is Nc1ccc(=O)n(Cc2ccc(Br)s2)c1. The van der Waals surface area contributed by atoms with Crippen LogP contribution in [0.5, 0.6) is 0 Å². The van der Waals surface area contributed by atoms with E-state index in [1.165, 1.54) is 6.07 Å². The molecule has 2 aromatic heterocycles. The highest BCUT2D eigenvalue weighted by Crippen LogP contribution is 2.22. The summed E-state index contributed by atoms with van der Waals surface area (Å²) in [6, 6.07) is 7.06. The lowest BCUT2D eigenvalue weighted by Gasteiger charge is -2.03. The maximum atomic E-state index is 11.5. The smallest absolute Gasteiger partial charge is 0.250 e. The first-order valence-electron chi connectivity index (χ1n) is 4.35. The summed E-state index contributed by atoms with van der Waals surface area (Å²) in [6.45, 7) is 0.570. The standard InChI is InChI=1S/C10H9BrN2OS/c11-9-3-2-8(15-9)6-13-5-7(12)1-4-10(13)14/h1-5H,6,12H2. The fourth-order valence-corrected chi connectivity index (χ4v) is 2.76. The van der Waals surface area contributed by atoms with Crippen molar-refractivity contribution in [3.8, 4) is 0 Å². The second-order valence-corrected chi connectivity index (χ2v) is 5.68. The van der Waals surface area contributed by atoms with E-state index in [9.17, 15) is 4.79 Å². The molecule has 78 valence electrons. The summed E-state index contributed by atoms with van der Waals surface area (Å²) < 4.78 is 2.67. The van der Waals surface area contributed by atoms with Crippen LogP contribution in [0.3, 0.4) is 0 Å². The summed E-state index contributed by atoms with van der Waals surface area (Å²) in [5.41, 5.74) is 6.19. The van der Waals surface area contributed by atoms with E-state index < -0.39 is 0 Å². The van der Waals surface area contributed by atoms with Gasteiger partial charge in [0.1, 0.15) is 0 Å². The Morgan fingerprint density at radius 3 is 2.80 bits per heavy atom. The molecule has 3 nitrogen and oxygen atoms in total. The molecule has 0 radical (unpaired) electrons. The topological polar surface area (TPSA) is 48.0 Å². The minimum absolute atomic E-state index is 0.0336. The van der Waals surface area contributed by atoms with E-state index in [0.717, 1.165) is 8.66 Å². The molecule has 0 spiro atoms. The Kier molecular flexibility index (Phi) is 2.93. The Balaban J connectivity index is 2.31. The number of nitrogens with zero attached hydrogens (tertiary/aromatic N) is 1. The molecule has 0 bridgehead atoms. The van der Waals surface area contributed by atoms with Crippen LogP contribution in [0.15, 0.2) is 39.0 Å². The molecular formula is C10H9BrN2OS. The lowest BCUT2D eigenvalue weighted by molar-refractivity contribution is 0.772. The monoisotopic (exact) mass is 284 g/mol. The van der Waals surface area contributed by atoms with Crippen LogP contribution in [-0.4, -0.2) is 4.57 Å². The number of rotatable bonds is 2. The van der Waals surface area contributed by atoms with Crippen molar-refractivity contribution >= 4 is 33.0 Å². The zero-order chi connectivity index (χ0) is 10.8. The second-order valence-electron chi connectivity index (χ2n) is 3.13. The summed E-state index contributed by atoms with van der Waals surface area (Å²) in [7, 11) is 0. The highest BCUT2D eigenvalue weighted by molar-refractivity contribution is 9.11. The Hall–Kier alpha value is -1.07. The van der Waals surface area contributed by atoms with Crippen LogP contribution in [0.25, 0.3) is 0 Å². The maximum Gasteiger partial charge on any atom is 0.250 e. The third kappa shape index (κ3) is 2.49. The number of nitrogen functional groups attached to an aromatic ring is 1. The van der Waals surface area contributed by atoms with Crippen molar-refractivity contribution in [1.29, 1.82) is 0 Å². The molecule has 0 atom stereocenters. The second kappa shape index (κ2) is 4.20. The lowest BCUT2D eigenvalue weighted by Crippen LogP contribution is -2.18. The number of nitrogens with two attached hydrogens (primary N) is 1. The van der Waals surface area contributed by atoms with E-state index in [4.69, 9.17) is 5.73 Å². The molecule has 0 saturated carbocycles. The van der Waals surface area contributed by atoms with Crippen LogP contribution in [-0.2, 0) is 6.54 Å². The molecule has 0 aliphatic rings. The Morgan fingerprint density at radius 1 is 1.33 bits per heavy atom. The molecule has 2 heterocycles. The number of aromatic nitrogens is 1. The molecule has 5 heteroatoms. The van der Waals surface area contributed by atoms with Gasteiger partial charge in [-0.1, -0.05) is 0 Å². The van der Waals surface area contributed by atoms with Crippen LogP contribution < -0.4 is 11.3 Å². The lowest BCUT2D eigenvalue weighted by atomic mass is 10.4. The average Bonchev–Trinajstić information content (AvgIpc) is 2.58. The number of thiophene rings is 1. The Bertz CT molecular complexity index is 532. The van der Waals surface area contributed by atoms with Gasteiger partial charge in [-0.3, -0.25) is 4.79 Å². The predicted octanol–water partition coefficient (Wildman–Crippen LogP) is 2.30. The number of anilines is 1. The number of pyridine rings is 1. The average molecular weight is 285 g/mol. The molecule has 0 aromatic carbocycles. The quantitative estimate of drug-likeness (QED) is 0.920. The van der Waals surface area contributed by atoms with E-state index >= 15 is 0 Å². The summed E-state index contributed by atoms with van der Waals surface area (Å²) in [5.74, 6) is 0. The molecule has 2 N–H and O–H groups in total. The van der Waals surface area contributed by atoms with E-state index in [1.54, 1.807) is 28.2 Å². The van der Waals surface area contributed by atoms with E-state index in [0.29, 0.717) is 12.2 Å². The van der Waals surface area contributed by atoms with Gasteiger partial charge in [0.05, 0.1) is 10.3 Å². The molecule has 0 amide bonds. The number of hydrogen-bond donors (Lipinski definition) is 1. The first-order valence-corrected chi connectivity index (χ1v) is 5.96. The molecule has 2 rings (SSSR count). The van der Waals surface area contributed by atoms with Gasteiger partial charge in [0.25, 0.3) is 5.56 Å². The third-order valence-corrected chi connectivity index (χ3v) is 3.57. The molecular weight excluding hydrogens is 276 g/mol. The van der Waals surface area contributed by atoms with E-state index in [2.05, 4.69) is 15.9 Å². The summed E-state index contributed by atoms with van der Waals surface area (Å²) in [5, 5.41) is 0. The van der Waals surface area contributed by atoms with Crippen LogP contribution in [0.1, 0.15) is 4.88 Å². The van der Waals surface area contributed by atoms with Gasteiger partial charge in [-0.2, -0.15) is 0 Å². The first-order chi connectivity index (χ1) is 7.15. The molecule has 0 unspecified atom stereocenters. The fourth-order valence-electron chi connectivity index (χ4n) is 1.28. The molecule has 2 aromatic rings. The normalized spacial score (nSPS) is 10.5. The Labute approximate surface area is 99.3 Å². The van der Waals surface area contributed by atoms with Crippen molar-refractivity contribution in [3.63, 3.8) is 0 Å². The summed E-state index contributed by atoms with van der Waals surface area (Å²) in [4.78, 5) is 12.6. The van der Waals surface area contributed by atoms with Gasteiger partial charge in [-0.25, -0.2) is 0 Å². The summed E-state index contributed by atoms with van der Waals surface area (Å²) in [6.07, 6.45) is 1.66. The predicted molar refractivity (Wildman–Crippen MR) is 66.2 cm³/mol. The molecule has 0 fully saturated rings. The van der Waals surface area contributed by atoms with Crippen LogP contribution in [0.4, 0.5) is 5.69 Å². The zero-order valence-electron chi connectivity index (χ0n) is 7.81.